The van der Waals surface area contributed by atoms with E-state index in [4.69, 9.17) is 5.41 Å². The van der Waals surface area contributed by atoms with E-state index in [0.717, 1.165) is 5.71 Å². The first-order valence-corrected chi connectivity index (χ1v) is 3.50. The van der Waals surface area contributed by atoms with Gasteiger partial charge in [0.1, 0.15) is 0 Å². The summed E-state index contributed by atoms with van der Waals surface area (Å²) in [5.74, 6) is 0. The highest BCUT2D eigenvalue weighted by atomic mass is 32.2. The lowest BCUT2D eigenvalue weighted by Gasteiger charge is -1.90. The average molecular weight is 130 g/mol. The zero-order valence-corrected chi connectivity index (χ0v) is 6.17. The summed E-state index contributed by atoms with van der Waals surface area (Å²) in [7, 11) is 0. The molecule has 46 valence electrons. The molecule has 1 N–H and O–H groups in total. The average Bonchev–Trinajstić information content (AvgIpc) is 1.67. The van der Waals surface area contributed by atoms with Gasteiger partial charge in [0.25, 0.3) is 0 Å². The van der Waals surface area contributed by atoms with Gasteiger partial charge in [-0.1, -0.05) is 0 Å². The zero-order valence-electron chi connectivity index (χ0n) is 5.36. The molecule has 0 saturated carbocycles. The minimum atomic E-state index is 0.541. The van der Waals surface area contributed by atoms with Gasteiger partial charge in [0.2, 0.25) is 0 Å². The normalized spacial score (nSPS) is 11.6. The van der Waals surface area contributed by atoms with Gasteiger partial charge < -0.3 is 5.41 Å². The molecular formula is C5H10N2S. The Bertz CT molecular complexity index is 118. The quantitative estimate of drug-likeness (QED) is 0.449. The third-order valence-corrected chi connectivity index (χ3v) is 1.23. The summed E-state index contributed by atoms with van der Waals surface area (Å²) in [6, 6.07) is 0. The van der Waals surface area contributed by atoms with Crippen LogP contribution in [-0.2, 0) is 0 Å². The van der Waals surface area contributed by atoms with E-state index in [-0.39, 0.29) is 0 Å². The van der Waals surface area contributed by atoms with Crippen molar-refractivity contribution in [3.63, 3.8) is 0 Å². The molecule has 0 heterocycles. The van der Waals surface area contributed by atoms with Gasteiger partial charge in [-0.3, -0.25) is 0 Å². The Morgan fingerprint density at radius 1 is 1.50 bits per heavy atom. The summed E-state index contributed by atoms with van der Waals surface area (Å²) < 4.78 is 3.93. The van der Waals surface area contributed by atoms with Crippen LogP contribution in [0.3, 0.4) is 0 Å². The zero-order chi connectivity index (χ0) is 6.57. The molecule has 0 bridgehead atoms. The number of nitrogens with zero attached hydrogens (tertiary/aromatic N) is 1. The van der Waals surface area contributed by atoms with Gasteiger partial charge >= 0.3 is 0 Å². The summed E-state index contributed by atoms with van der Waals surface area (Å²) >= 11 is 1.39. The number of hydrogen-bond acceptors (Lipinski definition) is 3. The van der Waals surface area contributed by atoms with E-state index in [1.807, 2.05) is 13.2 Å². The van der Waals surface area contributed by atoms with Crippen molar-refractivity contribution in [3.05, 3.63) is 0 Å². The van der Waals surface area contributed by atoms with Crippen molar-refractivity contribution in [2.45, 2.75) is 13.8 Å². The van der Waals surface area contributed by atoms with E-state index < -0.39 is 0 Å². The van der Waals surface area contributed by atoms with E-state index in [0.29, 0.717) is 5.71 Å². The largest absolute Gasteiger partial charge is 0.304 e. The second-order valence-corrected chi connectivity index (χ2v) is 2.03. The van der Waals surface area contributed by atoms with E-state index in [1.54, 1.807) is 6.92 Å². The molecule has 0 aliphatic carbocycles. The van der Waals surface area contributed by atoms with Crippen molar-refractivity contribution in [2.75, 3.05) is 6.26 Å². The van der Waals surface area contributed by atoms with Crippen LogP contribution < -0.4 is 0 Å². The van der Waals surface area contributed by atoms with Gasteiger partial charge in [-0.2, -0.15) is 0 Å². The molecule has 0 aromatic carbocycles. The fourth-order valence-corrected chi connectivity index (χ4v) is 0.616. The maximum atomic E-state index is 7.06. The van der Waals surface area contributed by atoms with Crippen LogP contribution >= 0.6 is 11.9 Å². The topological polar surface area (TPSA) is 36.2 Å². The minimum Gasteiger partial charge on any atom is -0.304 e. The molecule has 0 rings (SSSR count). The summed E-state index contributed by atoms with van der Waals surface area (Å²) in [5, 5.41) is 7.06. The molecule has 0 amide bonds. The van der Waals surface area contributed by atoms with Crippen LogP contribution in [0.25, 0.3) is 0 Å². The predicted octanol–water partition coefficient (Wildman–Crippen LogP) is 1.76. The summed E-state index contributed by atoms with van der Waals surface area (Å²) in [4.78, 5) is 0. The Morgan fingerprint density at radius 3 is 2.12 bits per heavy atom. The lowest BCUT2D eigenvalue weighted by Crippen LogP contribution is -2.01. The highest BCUT2D eigenvalue weighted by molar-refractivity contribution is 7.97. The van der Waals surface area contributed by atoms with Crippen molar-refractivity contribution < 1.29 is 0 Å². The Hall–Kier alpha value is -0.310. The Kier molecular flexibility index (Phi) is 3.52. The van der Waals surface area contributed by atoms with Crippen molar-refractivity contribution in [3.8, 4) is 0 Å². The SMILES string of the molecule is CSN=C(C)C(C)=N. The maximum absolute atomic E-state index is 7.06. The van der Waals surface area contributed by atoms with E-state index in [9.17, 15) is 0 Å². The van der Waals surface area contributed by atoms with Gasteiger partial charge in [-0.15, -0.1) is 0 Å². The highest BCUT2D eigenvalue weighted by Crippen LogP contribution is 1.94. The van der Waals surface area contributed by atoms with Crippen molar-refractivity contribution in [1.82, 2.24) is 0 Å². The minimum absolute atomic E-state index is 0.541. The molecule has 0 fully saturated rings. The second-order valence-electron chi connectivity index (χ2n) is 1.48. The smallest absolute Gasteiger partial charge is 0.0660 e. The monoisotopic (exact) mass is 130 g/mol. The van der Waals surface area contributed by atoms with Crippen LogP contribution in [0.2, 0.25) is 0 Å². The van der Waals surface area contributed by atoms with Crippen molar-refractivity contribution in [2.24, 2.45) is 4.40 Å². The van der Waals surface area contributed by atoms with Gasteiger partial charge in [-0.25, -0.2) is 4.40 Å². The molecule has 0 aliphatic heterocycles. The summed E-state index contributed by atoms with van der Waals surface area (Å²) in [5.41, 5.74) is 1.34. The van der Waals surface area contributed by atoms with Crippen LogP contribution in [0, 0.1) is 5.41 Å². The second kappa shape index (κ2) is 3.66. The molecule has 0 unspecified atom stereocenters. The van der Waals surface area contributed by atoms with Crippen LogP contribution in [0.1, 0.15) is 13.8 Å². The molecule has 0 saturated heterocycles. The van der Waals surface area contributed by atoms with Crippen LogP contribution in [0.5, 0.6) is 0 Å². The standard InChI is InChI=1S/C5H10N2S/c1-4(6)5(2)7-8-3/h6H,1-3H3. The number of hydrogen-bond donors (Lipinski definition) is 1. The molecule has 0 aromatic heterocycles. The molecule has 3 heteroatoms. The van der Waals surface area contributed by atoms with Crippen LogP contribution in [0.4, 0.5) is 0 Å². The summed E-state index contributed by atoms with van der Waals surface area (Å²) in [6.45, 7) is 3.56. The maximum Gasteiger partial charge on any atom is 0.0660 e. The van der Waals surface area contributed by atoms with Crippen LogP contribution in [0.15, 0.2) is 4.40 Å². The fraction of sp³-hybridized carbons (Fsp3) is 0.600. The van der Waals surface area contributed by atoms with E-state index in [1.165, 1.54) is 11.9 Å². The molecule has 0 aromatic rings. The fourth-order valence-electron chi connectivity index (χ4n) is 0.205. The van der Waals surface area contributed by atoms with Gasteiger partial charge in [0.15, 0.2) is 0 Å². The highest BCUT2D eigenvalue weighted by Gasteiger charge is 1.89. The molecule has 2 nitrogen and oxygen atoms in total. The molecule has 8 heavy (non-hydrogen) atoms. The first-order chi connectivity index (χ1) is 3.68. The Morgan fingerprint density at radius 2 is 2.00 bits per heavy atom. The lowest BCUT2D eigenvalue weighted by atomic mass is 10.3. The first kappa shape index (κ1) is 7.69. The molecule has 0 atom stereocenters. The van der Waals surface area contributed by atoms with Gasteiger partial charge in [0.05, 0.1) is 11.4 Å². The van der Waals surface area contributed by atoms with Crippen LogP contribution in [-0.4, -0.2) is 17.7 Å². The van der Waals surface area contributed by atoms with Gasteiger partial charge in [-0.05, 0) is 25.8 Å². The van der Waals surface area contributed by atoms with E-state index >= 15 is 0 Å². The van der Waals surface area contributed by atoms with E-state index in [2.05, 4.69) is 4.40 Å². The number of nitrogens with one attached hydrogen (secondary N) is 1. The van der Waals surface area contributed by atoms with Gasteiger partial charge in [0, 0.05) is 6.26 Å². The first-order valence-electron chi connectivity index (χ1n) is 2.31. The molecule has 0 spiro atoms. The molecule has 0 aliphatic rings. The predicted molar refractivity (Wildman–Crippen MR) is 40.0 cm³/mol. The van der Waals surface area contributed by atoms with Crippen molar-refractivity contribution >= 4 is 23.4 Å². The Labute approximate surface area is 54.0 Å². The molecule has 0 radical (unpaired) electrons. The number of rotatable bonds is 2. The molecular weight excluding hydrogens is 120 g/mol. The Balaban J connectivity index is 3.80. The summed E-state index contributed by atoms with van der Waals surface area (Å²) in [6.07, 6.45) is 1.88. The lowest BCUT2D eigenvalue weighted by molar-refractivity contribution is 1.50. The third kappa shape index (κ3) is 2.80. The van der Waals surface area contributed by atoms with Crippen molar-refractivity contribution in [1.29, 1.82) is 5.41 Å². The third-order valence-electron chi connectivity index (χ3n) is 0.771.